The zero-order valence-corrected chi connectivity index (χ0v) is 22.7. The lowest BCUT2D eigenvalue weighted by atomic mass is 9.81. The van der Waals surface area contributed by atoms with Crippen molar-refractivity contribution in [2.75, 3.05) is 0 Å². The van der Waals surface area contributed by atoms with Crippen molar-refractivity contribution in [1.82, 2.24) is 0 Å². The molecule has 0 saturated heterocycles. The summed E-state index contributed by atoms with van der Waals surface area (Å²) >= 11 is 0. The molecule has 186 valence electrons. The molecular weight excluding hydrogens is 450 g/mol. The van der Waals surface area contributed by atoms with Crippen molar-refractivity contribution in [3.8, 4) is 22.8 Å². The fourth-order valence-corrected chi connectivity index (χ4v) is 7.01. The van der Waals surface area contributed by atoms with Crippen LogP contribution in [-0.2, 0) is 13.5 Å². The van der Waals surface area contributed by atoms with Gasteiger partial charge >= 0.3 is 0 Å². The lowest BCUT2D eigenvalue weighted by molar-refractivity contribution is -0.659. The summed E-state index contributed by atoms with van der Waals surface area (Å²) in [6.07, 6.45) is 8.53. The second kappa shape index (κ2) is 8.05. The van der Waals surface area contributed by atoms with Crippen molar-refractivity contribution < 1.29 is 9.30 Å². The van der Waals surface area contributed by atoms with Crippen LogP contribution in [0.1, 0.15) is 69.1 Å². The zero-order chi connectivity index (χ0) is 25.5. The molecule has 1 saturated carbocycles. The summed E-state index contributed by atoms with van der Waals surface area (Å²) in [5.74, 6) is 2.78. The second-order valence-electron chi connectivity index (χ2n) is 12.6. The van der Waals surface area contributed by atoms with E-state index in [1.807, 2.05) is 0 Å². The maximum absolute atomic E-state index is 7.14. The Hall–Kier alpha value is -3.39. The van der Waals surface area contributed by atoms with Crippen LogP contribution in [0.25, 0.3) is 43.6 Å². The van der Waals surface area contributed by atoms with E-state index in [9.17, 15) is 0 Å². The molecule has 7 rings (SSSR count). The third-order valence-corrected chi connectivity index (χ3v) is 8.72. The van der Waals surface area contributed by atoms with E-state index in [1.54, 1.807) is 0 Å². The van der Waals surface area contributed by atoms with Crippen LogP contribution >= 0.6 is 0 Å². The molecule has 2 nitrogen and oxygen atoms in total. The van der Waals surface area contributed by atoms with E-state index >= 15 is 0 Å². The van der Waals surface area contributed by atoms with E-state index in [2.05, 4.69) is 100 Å². The molecule has 0 unspecified atom stereocenters. The number of benzene rings is 4. The molecule has 0 radical (unpaired) electrons. The minimum absolute atomic E-state index is 0.137. The van der Waals surface area contributed by atoms with Crippen molar-refractivity contribution in [3.05, 3.63) is 77.5 Å². The summed E-state index contributed by atoms with van der Waals surface area (Å²) in [7, 11) is 2.18. The fourth-order valence-electron chi connectivity index (χ4n) is 7.01. The topological polar surface area (TPSA) is 13.1 Å². The van der Waals surface area contributed by atoms with E-state index < -0.39 is 0 Å². The number of fused-ring (bicyclic) bond motifs is 5. The van der Waals surface area contributed by atoms with Crippen LogP contribution in [0.15, 0.2) is 60.8 Å². The Balaban J connectivity index is 1.58. The number of ether oxygens (including phenoxy) is 1. The van der Waals surface area contributed by atoms with Crippen molar-refractivity contribution in [2.45, 2.75) is 65.7 Å². The molecule has 2 heteroatoms. The first-order valence-corrected chi connectivity index (χ1v) is 13.9. The molecular formula is C35H36NO+. The first-order valence-electron chi connectivity index (χ1n) is 13.9. The van der Waals surface area contributed by atoms with Gasteiger partial charge in [0, 0.05) is 17.0 Å². The lowest BCUT2D eigenvalue weighted by Crippen LogP contribution is -2.32. The van der Waals surface area contributed by atoms with Gasteiger partial charge in [0.1, 0.15) is 18.5 Å². The summed E-state index contributed by atoms with van der Waals surface area (Å²) in [5, 5.41) is 7.65. The van der Waals surface area contributed by atoms with E-state index in [-0.39, 0.29) is 5.41 Å². The van der Waals surface area contributed by atoms with Gasteiger partial charge in [-0.1, -0.05) is 76.1 Å². The number of aryl methyl sites for hydroxylation is 2. The third kappa shape index (κ3) is 3.49. The van der Waals surface area contributed by atoms with Crippen molar-refractivity contribution in [2.24, 2.45) is 12.5 Å². The molecule has 0 spiro atoms. The Morgan fingerprint density at radius 2 is 1.62 bits per heavy atom. The summed E-state index contributed by atoms with van der Waals surface area (Å²) in [6.45, 7) is 9.24. The highest BCUT2D eigenvalue weighted by Gasteiger charge is 2.34. The van der Waals surface area contributed by atoms with Crippen LogP contribution in [0, 0.1) is 12.3 Å². The predicted octanol–water partition coefficient (Wildman–Crippen LogP) is 9.30. The second-order valence-corrected chi connectivity index (χ2v) is 12.6. The minimum Gasteiger partial charge on any atom is -0.455 e. The zero-order valence-electron chi connectivity index (χ0n) is 22.7. The molecule has 0 atom stereocenters. The molecule has 0 bridgehead atoms. The highest BCUT2D eigenvalue weighted by Crippen LogP contribution is 2.53. The molecule has 37 heavy (non-hydrogen) atoms. The highest BCUT2D eigenvalue weighted by molar-refractivity contribution is 6.13. The van der Waals surface area contributed by atoms with E-state index in [4.69, 9.17) is 4.74 Å². The molecule has 2 heterocycles. The SMILES string of the molecule is Cc1c2c(c(CC(C)(C)C)c3ccccc13)Oc1c3ccc(C4CCCC4)cc3cc3cc[n+](C)c-2c13. The number of rotatable bonds is 2. The molecule has 2 aliphatic rings. The number of hydrogen-bond acceptors (Lipinski definition) is 1. The Kier molecular flexibility index (Phi) is 4.96. The maximum atomic E-state index is 7.14. The molecule has 4 aromatic carbocycles. The number of aromatic nitrogens is 1. The van der Waals surface area contributed by atoms with Gasteiger partial charge in [0.2, 0.25) is 5.69 Å². The molecule has 1 aromatic heterocycles. The van der Waals surface area contributed by atoms with Crippen LogP contribution < -0.4 is 9.30 Å². The molecule has 0 N–H and O–H groups in total. The normalized spacial score (nSPS) is 15.5. The van der Waals surface area contributed by atoms with Crippen molar-refractivity contribution >= 4 is 32.3 Å². The average Bonchev–Trinajstić information content (AvgIpc) is 3.42. The van der Waals surface area contributed by atoms with Crippen LogP contribution in [0.3, 0.4) is 0 Å². The Bertz CT molecular complexity index is 1730. The van der Waals surface area contributed by atoms with E-state index in [0.717, 1.165) is 17.9 Å². The van der Waals surface area contributed by atoms with Crippen LogP contribution in [-0.4, -0.2) is 0 Å². The van der Waals surface area contributed by atoms with Gasteiger partial charge in [-0.25, -0.2) is 4.57 Å². The van der Waals surface area contributed by atoms with Gasteiger partial charge in [0.05, 0.1) is 10.9 Å². The Labute approximate surface area is 219 Å². The fraction of sp³-hybridized carbons (Fsp3) is 0.343. The maximum Gasteiger partial charge on any atom is 0.228 e. The molecule has 1 aliphatic carbocycles. The molecule has 1 fully saturated rings. The smallest absolute Gasteiger partial charge is 0.228 e. The van der Waals surface area contributed by atoms with Gasteiger partial charge < -0.3 is 4.74 Å². The van der Waals surface area contributed by atoms with Gasteiger partial charge in [-0.05, 0) is 76.3 Å². The van der Waals surface area contributed by atoms with E-state index in [1.165, 1.54) is 85.9 Å². The molecule has 0 amide bonds. The van der Waals surface area contributed by atoms with Gasteiger partial charge in [-0.15, -0.1) is 0 Å². The van der Waals surface area contributed by atoms with Crippen molar-refractivity contribution in [3.63, 3.8) is 0 Å². The number of pyridine rings is 1. The number of nitrogens with zero attached hydrogens (tertiary/aromatic N) is 1. The Morgan fingerprint density at radius 3 is 2.38 bits per heavy atom. The first-order chi connectivity index (χ1) is 17.8. The molecule has 1 aliphatic heterocycles. The third-order valence-electron chi connectivity index (χ3n) is 8.72. The highest BCUT2D eigenvalue weighted by atomic mass is 16.5. The summed E-state index contributed by atoms with van der Waals surface area (Å²) in [4.78, 5) is 0. The predicted molar refractivity (Wildman–Crippen MR) is 155 cm³/mol. The van der Waals surface area contributed by atoms with Gasteiger partial charge in [-0.3, -0.25) is 0 Å². The van der Waals surface area contributed by atoms with Gasteiger partial charge in [0.25, 0.3) is 0 Å². The van der Waals surface area contributed by atoms with Crippen LogP contribution in [0.5, 0.6) is 11.5 Å². The minimum atomic E-state index is 0.137. The summed E-state index contributed by atoms with van der Waals surface area (Å²) < 4.78 is 9.44. The summed E-state index contributed by atoms with van der Waals surface area (Å²) in [6, 6.07) is 20.7. The Morgan fingerprint density at radius 1 is 0.865 bits per heavy atom. The largest absolute Gasteiger partial charge is 0.455 e. The van der Waals surface area contributed by atoms with Gasteiger partial charge in [0.15, 0.2) is 6.20 Å². The standard InChI is InChI=1S/C35H36NO/c1-21-26-12-8-9-13-28(26)29(20-35(2,3)4)34-30(21)32-31-24(16-17-36(32)5)19-25-18-23(22-10-6-7-11-22)14-15-27(25)33(31)37-34/h8-9,12-19,22H,6-7,10-11,20H2,1-5H3/q+1. The lowest BCUT2D eigenvalue weighted by Gasteiger charge is -2.28. The summed E-state index contributed by atoms with van der Waals surface area (Å²) in [5.41, 5.74) is 6.78. The quantitative estimate of drug-likeness (QED) is 0.175. The van der Waals surface area contributed by atoms with Crippen LogP contribution in [0.2, 0.25) is 0 Å². The molecule has 5 aromatic rings. The van der Waals surface area contributed by atoms with Crippen LogP contribution in [0.4, 0.5) is 0 Å². The van der Waals surface area contributed by atoms with Gasteiger partial charge in [-0.2, -0.15) is 0 Å². The first kappa shape index (κ1) is 22.8. The monoisotopic (exact) mass is 486 g/mol. The van der Waals surface area contributed by atoms with Crippen molar-refractivity contribution in [1.29, 1.82) is 0 Å². The average molecular weight is 487 g/mol. The van der Waals surface area contributed by atoms with E-state index in [0.29, 0.717) is 5.92 Å². The number of hydrogen-bond donors (Lipinski definition) is 0.